The summed E-state index contributed by atoms with van der Waals surface area (Å²) in [5.41, 5.74) is 4.86. The molecule has 2 aromatic rings. The summed E-state index contributed by atoms with van der Waals surface area (Å²) >= 11 is 0. The summed E-state index contributed by atoms with van der Waals surface area (Å²) in [6.45, 7) is 3.72. The second-order valence-electron chi connectivity index (χ2n) is 7.84. The van der Waals surface area contributed by atoms with E-state index in [4.69, 9.17) is 0 Å². The first-order valence-electron chi connectivity index (χ1n) is 10.3. The van der Waals surface area contributed by atoms with Crippen molar-refractivity contribution in [2.24, 2.45) is 0 Å². The maximum Gasteiger partial charge on any atom is 0.243 e. The van der Waals surface area contributed by atoms with Gasteiger partial charge in [-0.2, -0.15) is 4.31 Å². The molecule has 156 valence electrons. The Morgan fingerprint density at radius 1 is 1.07 bits per heavy atom. The highest BCUT2D eigenvalue weighted by Crippen LogP contribution is 2.26. The maximum absolute atomic E-state index is 12.7. The van der Waals surface area contributed by atoms with Crippen LogP contribution in [0.3, 0.4) is 0 Å². The summed E-state index contributed by atoms with van der Waals surface area (Å²) in [5.74, 6) is -0.298. The Morgan fingerprint density at radius 3 is 2.38 bits per heavy atom. The minimum absolute atomic E-state index is 0.120. The average molecular weight is 415 g/mol. The van der Waals surface area contributed by atoms with Gasteiger partial charge in [0.15, 0.2) is 0 Å². The quantitative estimate of drug-likeness (QED) is 0.750. The molecular formula is C23H30N2O3S. The molecule has 0 spiro atoms. The lowest BCUT2D eigenvalue weighted by molar-refractivity contribution is -0.121. The van der Waals surface area contributed by atoms with E-state index in [0.717, 1.165) is 34.7 Å². The molecule has 0 saturated heterocycles. The number of likely N-dealkylation sites (N-methyl/N-ethyl adjacent to an activating group) is 1. The fourth-order valence-electron chi connectivity index (χ4n) is 3.81. The number of sulfonamides is 1. The largest absolute Gasteiger partial charge is 0.348 e. The molecule has 29 heavy (non-hydrogen) atoms. The smallest absolute Gasteiger partial charge is 0.243 e. The molecule has 1 amide bonds. The van der Waals surface area contributed by atoms with Crippen molar-refractivity contribution in [3.63, 3.8) is 0 Å². The van der Waals surface area contributed by atoms with Gasteiger partial charge in [0, 0.05) is 7.05 Å². The van der Waals surface area contributed by atoms with E-state index in [1.165, 1.54) is 31.0 Å². The molecular weight excluding hydrogens is 384 g/mol. The number of amides is 1. The molecule has 0 aromatic heterocycles. The third-order valence-corrected chi connectivity index (χ3v) is 7.43. The van der Waals surface area contributed by atoms with E-state index in [9.17, 15) is 13.2 Å². The van der Waals surface area contributed by atoms with E-state index in [2.05, 4.69) is 23.5 Å². The molecule has 0 saturated carbocycles. The number of fused-ring (bicyclic) bond motifs is 1. The minimum atomic E-state index is -3.70. The topological polar surface area (TPSA) is 66.5 Å². The Labute approximate surface area is 174 Å². The van der Waals surface area contributed by atoms with Gasteiger partial charge in [-0.3, -0.25) is 4.79 Å². The van der Waals surface area contributed by atoms with Crippen molar-refractivity contribution in [2.75, 3.05) is 13.6 Å². The van der Waals surface area contributed by atoms with Crippen LogP contribution in [0, 0.1) is 6.92 Å². The first-order chi connectivity index (χ1) is 13.8. The number of hydrogen-bond donors (Lipinski definition) is 1. The molecule has 6 heteroatoms. The van der Waals surface area contributed by atoms with Crippen LogP contribution in [0.2, 0.25) is 0 Å². The van der Waals surface area contributed by atoms with E-state index >= 15 is 0 Å². The third-order valence-electron chi connectivity index (χ3n) is 5.61. The Kier molecular flexibility index (Phi) is 6.75. The van der Waals surface area contributed by atoms with E-state index in [1.807, 2.05) is 13.8 Å². The molecule has 2 aromatic carbocycles. The Bertz CT molecular complexity index is 968. The van der Waals surface area contributed by atoms with Crippen LogP contribution < -0.4 is 5.32 Å². The van der Waals surface area contributed by atoms with Crippen LogP contribution in [-0.4, -0.2) is 32.2 Å². The maximum atomic E-state index is 12.7. The molecule has 1 atom stereocenters. The standard InChI is InChI=1S/C23H30N2O3S/c1-4-22(20-12-11-18-7-5-6-8-19(18)15-20)24-23(26)16-25(3)29(27,28)21-13-9-17(2)10-14-21/h9-15,22H,4-8,16H2,1-3H3,(H,24,26). The number of benzene rings is 2. The van der Waals surface area contributed by atoms with Gasteiger partial charge in [0.05, 0.1) is 17.5 Å². The number of nitrogens with one attached hydrogen (secondary N) is 1. The average Bonchev–Trinajstić information content (AvgIpc) is 2.72. The van der Waals surface area contributed by atoms with Gasteiger partial charge < -0.3 is 5.32 Å². The SMILES string of the molecule is CCC(NC(=O)CN(C)S(=O)(=O)c1ccc(C)cc1)c1ccc2c(c1)CCCC2. The highest BCUT2D eigenvalue weighted by molar-refractivity contribution is 7.89. The van der Waals surface area contributed by atoms with Crippen LogP contribution in [0.1, 0.15) is 54.5 Å². The summed E-state index contributed by atoms with van der Waals surface area (Å²) in [7, 11) is -2.26. The predicted molar refractivity (Wildman–Crippen MR) is 115 cm³/mol. The van der Waals surface area contributed by atoms with Crippen LogP contribution in [0.25, 0.3) is 0 Å². The zero-order chi connectivity index (χ0) is 21.0. The summed E-state index contributed by atoms with van der Waals surface area (Å²) in [6.07, 6.45) is 5.41. The zero-order valence-electron chi connectivity index (χ0n) is 17.4. The third kappa shape index (κ3) is 5.06. The second kappa shape index (κ2) is 9.09. The van der Waals surface area contributed by atoms with Gasteiger partial charge >= 0.3 is 0 Å². The van der Waals surface area contributed by atoms with E-state index < -0.39 is 10.0 Å². The van der Waals surface area contributed by atoms with Gasteiger partial charge in [0.2, 0.25) is 15.9 Å². The Balaban J connectivity index is 1.67. The van der Waals surface area contributed by atoms with Gasteiger partial charge in [-0.15, -0.1) is 0 Å². The molecule has 1 aliphatic rings. The molecule has 0 bridgehead atoms. The zero-order valence-corrected chi connectivity index (χ0v) is 18.3. The number of aryl methyl sites for hydroxylation is 3. The van der Waals surface area contributed by atoms with Crippen molar-refractivity contribution < 1.29 is 13.2 Å². The van der Waals surface area contributed by atoms with Gasteiger partial charge in [-0.1, -0.05) is 42.8 Å². The van der Waals surface area contributed by atoms with Crippen molar-refractivity contribution in [3.05, 3.63) is 64.7 Å². The highest BCUT2D eigenvalue weighted by Gasteiger charge is 2.24. The lowest BCUT2D eigenvalue weighted by Gasteiger charge is -2.23. The van der Waals surface area contributed by atoms with Crippen molar-refractivity contribution in [1.82, 2.24) is 9.62 Å². The lowest BCUT2D eigenvalue weighted by atomic mass is 9.89. The van der Waals surface area contributed by atoms with Crippen LogP contribution >= 0.6 is 0 Å². The van der Waals surface area contributed by atoms with Crippen molar-refractivity contribution in [2.45, 2.75) is 56.9 Å². The second-order valence-corrected chi connectivity index (χ2v) is 9.88. The van der Waals surface area contributed by atoms with E-state index in [0.29, 0.717) is 0 Å². The first-order valence-corrected chi connectivity index (χ1v) is 11.7. The van der Waals surface area contributed by atoms with Crippen LogP contribution in [-0.2, 0) is 27.7 Å². The number of carbonyl (C=O) groups is 1. The van der Waals surface area contributed by atoms with E-state index in [-0.39, 0.29) is 23.4 Å². The summed E-state index contributed by atoms with van der Waals surface area (Å²) < 4.78 is 26.5. The highest BCUT2D eigenvalue weighted by atomic mass is 32.2. The monoisotopic (exact) mass is 414 g/mol. The molecule has 3 rings (SSSR count). The predicted octanol–water partition coefficient (Wildman–Crippen LogP) is 3.76. The van der Waals surface area contributed by atoms with Crippen LogP contribution in [0.4, 0.5) is 0 Å². The van der Waals surface area contributed by atoms with Gasteiger partial charge in [-0.05, 0) is 67.9 Å². The van der Waals surface area contributed by atoms with E-state index in [1.54, 1.807) is 24.3 Å². The molecule has 0 fully saturated rings. The van der Waals surface area contributed by atoms with Crippen molar-refractivity contribution in [3.8, 4) is 0 Å². The molecule has 0 radical (unpaired) electrons. The fourth-order valence-corrected chi connectivity index (χ4v) is 4.94. The minimum Gasteiger partial charge on any atom is -0.348 e. The molecule has 0 heterocycles. The Hall–Kier alpha value is -2.18. The number of hydrogen-bond acceptors (Lipinski definition) is 3. The summed E-state index contributed by atoms with van der Waals surface area (Å²) in [4.78, 5) is 12.8. The van der Waals surface area contributed by atoms with Gasteiger partial charge in [0.1, 0.15) is 0 Å². The summed E-state index contributed by atoms with van der Waals surface area (Å²) in [5, 5.41) is 3.01. The summed E-state index contributed by atoms with van der Waals surface area (Å²) in [6, 6.07) is 13.0. The van der Waals surface area contributed by atoms with Gasteiger partial charge in [-0.25, -0.2) is 8.42 Å². The Morgan fingerprint density at radius 2 is 1.72 bits per heavy atom. The molecule has 1 N–H and O–H groups in total. The number of nitrogens with zero attached hydrogens (tertiary/aromatic N) is 1. The van der Waals surface area contributed by atoms with Crippen molar-refractivity contribution in [1.29, 1.82) is 0 Å². The van der Waals surface area contributed by atoms with Crippen molar-refractivity contribution >= 4 is 15.9 Å². The molecule has 1 unspecified atom stereocenters. The molecule has 0 aliphatic heterocycles. The fraction of sp³-hybridized carbons (Fsp3) is 0.435. The number of rotatable bonds is 7. The van der Waals surface area contributed by atoms with Crippen LogP contribution in [0.15, 0.2) is 47.4 Å². The number of carbonyl (C=O) groups excluding carboxylic acids is 1. The normalized spacial score (nSPS) is 15.0. The molecule has 1 aliphatic carbocycles. The van der Waals surface area contributed by atoms with Crippen LogP contribution in [0.5, 0.6) is 0 Å². The first kappa shape index (κ1) is 21.5. The van der Waals surface area contributed by atoms with Gasteiger partial charge in [0.25, 0.3) is 0 Å². The lowest BCUT2D eigenvalue weighted by Crippen LogP contribution is -2.39. The molecule has 5 nitrogen and oxygen atoms in total.